The SMILES string of the molecule is O=C(c1ccc(NS(=O)(=O)c2ccc(F)c(Cl)c2)cc1)N1CCCc2ccccc21. The molecule has 5 nitrogen and oxygen atoms in total. The molecule has 30 heavy (non-hydrogen) atoms. The highest BCUT2D eigenvalue weighted by molar-refractivity contribution is 7.92. The van der Waals surface area contributed by atoms with E-state index in [0.29, 0.717) is 12.1 Å². The summed E-state index contributed by atoms with van der Waals surface area (Å²) in [5, 5.41) is -0.277. The van der Waals surface area contributed by atoms with Crippen LogP contribution < -0.4 is 9.62 Å². The van der Waals surface area contributed by atoms with Crippen LogP contribution in [0.2, 0.25) is 5.02 Å². The summed E-state index contributed by atoms with van der Waals surface area (Å²) in [7, 11) is -3.94. The molecule has 0 aromatic heterocycles. The van der Waals surface area contributed by atoms with Crippen molar-refractivity contribution in [2.24, 2.45) is 0 Å². The number of hydrogen-bond donors (Lipinski definition) is 1. The molecule has 1 N–H and O–H groups in total. The Labute approximate surface area is 179 Å². The van der Waals surface area contributed by atoms with E-state index >= 15 is 0 Å². The lowest BCUT2D eigenvalue weighted by atomic mass is 10.0. The van der Waals surface area contributed by atoms with Crippen molar-refractivity contribution < 1.29 is 17.6 Å². The largest absolute Gasteiger partial charge is 0.308 e. The number of aryl methyl sites for hydroxylation is 1. The van der Waals surface area contributed by atoms with Crippen LogP contribution in [0.3, 0.4) is 0 Å². The number of nitrogens with one attached hydrogen (secondary N) is 1. The standard InChI is InChI=1S/C22H18ClFN2O3S/c23-19-14-18(11-12-20(19)24)30(28,29)25-17-9-7-16(8-10-17)22(27)26-13-3-5-15-4-1-2-6-21(15)26/h1-2,4,6-12,14,25H,3,5,13H2. The van der Waals surface area contributed by atoms with Gasteiger partial charge in [-0.3, -0.25) is 9.52 Å². The molecule has 1 heterocycles. The highest BCUT2D eigenvalue weighted by atomic mass is 35.5. The molecule has 4 rings (SSSR count). The number of carbonyl (C=O) groups is 1. The minimum absolute atomic E-state index is 0.137. The summed E-state index contributed by atoms with van der Waals surface area (Å²) in [6.07, 6.45) is 1.83. The number of rotatable bonds is 4. The second-order valence-corrected chi connectivity index (χ2v) is 9.04. The number of anilines is 2. The first-order chi connectivity index (χ1) is 14.3. The second-order valence-electron chi connectivity index (χ2n) is 6.95. The first kappa shape index (κ1) is 20.4. The fourth-order valence-corrected chi connectivity index (χ4v) is 4.77. The molecule has 8 heteroatoms. The van der Waals surface area contributed by atoms with Gasteiger partial charge in [0.2, 0.25) is 0 Å². The van der Waals surface area contributed by atoms with Crippen LogP contribution in [0.15, 0.2) is 71.6 Å². The van der Waals surface area contributed by atoms with Crippen LogP contribution in [-0.4, -0.2) is 20.9 Å². The molecule has 154 valence electrons. The number of amides is 1. The van der Waals surface area contributed by atoms with Gasteiger partial charge in [0, 0.05) is 23.5 Å². The first-order valence-electron chi connectivity index (χ1n) is 9.33. The van der Waals surface area contributed by atoms with Gasteiger partial charge < -0.3 is 4.90 Å². The molecule has 0 atom stereocenters. The van der Waals surface area contributed by atoms with E-state index in [2.05, 4.69) is 4.72 Å². The Morgan fingerprint density at radius 3 is 2.50 bits per heavy atom. The first-order valence-corrected chi connectivity index (χ1v) is 11.2. The third-order valence-corrected chi connectivity index (χ3v) is 6.61. The fraction of sp³-hybridized carbons (Fsp3) is 0.136. The summed E-state index contributed by atoms with van der Waals surface area (Å²) < 4.78 is 40.7. The zero-order valence-corrected chi connectivity index (χ0v) is 17.4. The zero-order chi connectivity index (χ0) is 21.3. The Balaban J connectivity index is 1.53. The molecular formula is C22H18ClFN2O3S. The predicted molar refractivity (Wildman–Crippen MR) is 115 cm³/mol. The molecule has 1 aliphatic rings. The van der Waals surface area contributed by atoms with Gasteiger partial charge in [0.25, 0.3) is 15.9 Å². The minimum atomic E-state index is -3.94. The molecule has 0 aliphatic carbocycles. The van der Waals surface area contributed by atoms with Crippen LogP contribution in [0, 0.1) is 5.82 Å². The van der Waals surface area contributed by atoms with E-state index < -0.39 is 15.8 Å². The summed E-state index contributed by atoms with van der Waals surface area (Å²) in [5.74, 6) is -0.834. The van der Waals surface area contributed by atoms with Crippen LogP contribution in [0.1, 0.15) is 22.3 Å². The third kappa shape index (κ3) is 4.04. The van der Waals surface area contributed by atoms with Crippen molar-refractivity contribution in [1.82, 2.24) is 0 Å². The number of hydrogen-bond acceptors (Lipinski definition) is 3. The number of fused-ring (bicyclic) bond motifs is 1. The summed E-state index contributed by atoms with van der Waals surface area (Å²) in [6.45, 7) is 0.634. The molecule has 0 saturated heterocycles. The molecule has 0 radical (unpaired) electrons. The van der Waals surface area contributed by atoms with E-state index in [9.17, 15) is 17.6 Å². The van der Waals surface area contributed by atoms with Gasteiger partial charge in [-0.1, -0.05) is 29.8 Å². The van der Waals surface area contributed by atoms with Gasteiger partial charge in [0.15, 0.2) is 0 Å². The average Bonchev–Trinajstić information content (AvgIpc) is 2.75. The van der Waals surface area contributed by atoms with Gasteiger partial charge in [-0.25, -0.2) is 12.8 Å². The van der Waals surface area contributed by atoms with Gasteiger partial charge in [-0.15, -0.1) is 0 Å². The van der Waals surface area contributed by atoms with Crippen LogP contribution in [0.5, 0.6) is 0 Å². The molecule has 3 aromatic rings. The zero-order valence-electron chi connectivity index (χ0n) is 15.8. The third-order valence-electron chi connectivity index (χ3n) is 4.94. The summed E-state index contributed by atoms with van der Waals surface area (Å²) in [5.41, 5.74) is 2.79. The highest BCUT2D eigenvalue weighted by Crippen LogP contribution is 2.28. The number of halogens is 2. The Bertz CT molecular complexity index is 1210. The van der Waals surface area contributed by atoms with Crippen LogP contribution in [0.25, 0.3) is 0 Å². The number of para-hydroxylation sites is 1. The minimum Gasteiger partial charge on any atom is -0.308 e. The van der Waals surface area contributed by atoms with Crippen LogP contribution in [0.4, 0.5) is 15.8 Å². The Morgan fingerprint density at radius 2 is 1.77 bits per heavy atom. The van der Waals surface area contributed by atoms with Crippen molar-refractivity contribution in [3.63, 3.8) is 0 Å². The van der Waals surface area contributed by atoms with Crippen molar-refractivity contribution >= 4 is 38.9 Å². The number of nitrogens with zero attached hydrogens (tertiary/aromatic N) is 1. The topological polar surface area (TPSA) is 66.5 Å². The predicted octanol–water partition coefficient (Wildman–Crippen LogP) is 4.87. The van der Waals surface area contributed by atoms with Crippen molar-refractivity contribution in [2.45, 2.75) is 17.7 Å². The van der Waals surface area contributed by atoms with Crippen molar-refractivity contribution in [1.29, 1.82) is 0 Å². The molecule has 3 aromatic carbocycles. The maximum atomic E-state index is 13.3. The molecule has 0 saturated carbocycles. The summed E-state index contributed by atoms with van der Waals surface area (Å²) in [6, 6.07) is 17.2. The number of sulfonamides is 1. The fourth-order valence-electron chi connectivity index (χ4n) is 3.44. The van der Waals surface area contributed by atoms with Crippen LogP contribution in [-0.2, 0) is 16.4 Å². The van der Waals surface area contributed by atoms with E-state index in [-0.39, 0.29) is 21.5 Å². The van der Waals surface area contributed by atoms with E-state index in [1.54, 1.807) is 17.0 Å². The molecule has 1 aliphatic heterocycles. The average molecular weight is 445 g/mol. The molecule has 0 fully saturated rings. The summed E-state index contributed by atoms with van der Waals surface area (Å²) in [4.78, 5) is 14.6. The Morgan fingerprint density at radius 1 is 1.03 bits per heavy atom. The molecule has 1 amide bonds. The Hall–Kier alpha value is -2.90. The van der Waals surface area contributed by atoms with Crippen molar-refractivity contribution in [3.05, 3.63) is 88.7 Å². The van der Waals surface area contributed by atoms with Gasteiger partial charge >= 0.3 is 0 Å². The van der Waals surface area contributed by atoms with Gasteiger partial charge in [0.1, 0.15) is 5.82 Å². The van der Waals surface area contributed by atoms with Crippen LogP contribution >= 0.6 is 11.6 Å². The number of benzene rings is 3. The monoisotopic (exact) mass is 444 g/mol. The van der Waals surface area contributed by atoms with E-state index in [1.165, 1.54) is 12.1 Å². The van der Waals surface area contributed by atoms with E-state index in [4.69, 9.17) is 11.6 Å². The van der Waals surface area contributed by atoms with Crippen molar-refractivity contribution in [3.8, 4) is 0 Å². The molecule has 0 unspecified atom stereocenters. The maximum absolute atomic E-state index is 13.3. The normalized spacial score (nSPS) is 13.6. The van der Waals surface area contributed by atoms with E-state index in [1.807, 2.05) is 24.3 Å². The number of carbonyl (C=O) groups excluding carboxylic acids is 1. The quantitative estimate of drug-likeness (QED) is 0.624. The lowest BCUT2D eigenvalue weighted by Crippen LogP contribution is -2.35. The van der Waals surface area contributed by atoms with Gasteiger partial charge in [-0.05, 0) is 66.9 Å². The summed E-state index contributed by atoms with van der Waals surface area (Å²) >= 11 is 5.68. The molecular weight excluding hydrogens is 427 g/mol. The smallest absolute Gasteiger partial charge is 0.261 e. The maximum Gasteiger partial charge on any atom is 0.261 e. The van der Waals surface area contributed by atoms with Crippen molar-refractivity contribution in [2.75, 3.05) is 16.2 Å². The second kappa shape index (κ2) is 8.08. The molecule has 0 spiro atoms. The highest BCUT2D eigenvalue weighted by Gasteiger charge is 2.23. The van der Waals surface area contributed by atoms with Gasteiger partial charge in [0.05, 0.1) is 9.92 Å². The Kier molecular flexibility index (Phi) is 5.49. The van der Waals surface area contributed by atoms with Gasteiger partial charge in [-0.2, -0.15) is 0 Å². The lowest BCUT2D eigenvalue weighted by Gasteiger charge is -2.29. The van der Waals surface area contributed by atoms with E-state index in [0.717, 1.165) is 42.3 Å². The lowest BCUT2D eigenvalue weighted by molar-refractivity contribution is 0.0985. The molecule has 0 bridgehead atoms.